The summed E-state index contributed by atoms with van der Waals surface area (Å²) in [6, 6.07) is 22.7. The van der Waals surface area contributed by atoms with E-state index < -0.39 is 6.10 Å². The fourth-order valence-corrected chi connectivity index (χ4v) is 4.51. The number of nitrogens with zero attached hydrogens (tertiary/aromatic N) is 1. The third kappa shape index (κ3) is 5.24. The van der Waals surface area contributed by atoms with Gasteiger partial charge in [-0.15, -0.1) is 0 Å². The standard InChI is InChI=1S/C28H34N2O2/c1-4-27(32-26-16-13-23-9-5-6-10-24(23)18-26)28(31)29-21(3)22-11-14-25(15-12-22)30-17-7-8-20(2)19-30/h5-6,9-16,18,20-21,27H,4,7-8,17,19H2,1-3H3,(H,29,31)/t20-,21+,27-/m1/s1. The largest absolute Gasteiger partial charge is 0.481 e. The van der Waals surface area contributed by atoms with E-state index in [2.05, 4.69) is 53.5 Å². The Labute approximate surface area is 191 Å². The van der Waals surface area contributed by atoms with Gasteiger partial charge in [-0.3, -0.25) is 4.79 Å². The van der Waals surface area contributed by atoms with Gasteiger partial charge in [-0.2, -0.15) is 0 Å². The van der Waals surface area contributed by atoms with E-state index in [1.165, 1.54) is 18.5 Å². The molecular weight excluding hydrogens is 396 g/mol. The molecule has 1 heterocycles. The van der Waals surface area contributed by atoms with Crippen LogP contribution >= 0.6 is 0 Å². The molecule has 3 aromatic rings. The number of piperidine rings is 1. The van der Waals surface area contributed by atoms with Crippen molar-refractivity contribution < 1.29 is 9.53 Å². The van der Waals surface area contributed by atoms with Gasteiger partial charge in [0.2, 0.25) is 0 Å². The average Bonchev–Trinajstić information content (AvgIpc) is 2.82. The molecule has 4 rings (SSSR count). The van der Waals surface area contributed by atoms with E-state index in [0.29, 0.717) is 6.42 Å². The molecule has 4 nitrogen and oxygen atoms in total. The number of rotatable bonds is 7. The van der Waals surface area contributed by atoms with E-state index in [1.54, 1.807) is 0 Å². The first kappa shape index (κ1) is 22.2. The minimum Gasteiger partial charge on any atom is -0.481 e. The Morgan fingerprint density at radius 3 is 2.56 bits per heavy atom. The van der Waals surface area contributed by atoms with Gasteiger partial charge in [-0.25, -0.2) is 0 Å². The number of ether oxygens (including phenoxy) is 1. The number of anilines is 1. The molecule has 0 aromatic heterocycles. The molecule has 32 heavy (non-hydrogen) atoms. The lowest BCUT2D eigenvalue weighted by Gasteiger charge is -2.33. The summed E-state index contributed by atoms with van der Waals surface area (Å²) in [6.07, 6.45) is 2.66. The Morgan fingerprint density at radius 2 is 1.84 bits per heavy atom. The zero-order valence-corrected chi connectivity index (χ0v) is 19.4. The highest BCUT2D eigenvalue weighted by Gasteiger charge is 2.21. The van der Waals surface area contributed by atoms with Crippen molar-refractivity contribution in [3.05, 3.63) is 72.3 Å². The Morgan fingerprint density at radius 1 is 1.09 bits per heavy atom. The van der Waals surface area contributed by atoms with Gasteiger partial charge in [0.05, 0.1) is 6.04 Å². The van der Waals surface area contributed by atoms with E-state index in [0.717, 1.165) is 41.1 Å². The van der Waals surface area contributed by atoms with Crippen molar-refractivity contribution >= 4 is 22.4 Å². The van der Waals surface area contributed by atoms with Crippen LogP contribution in [0.25, 0.3) is 10.8 Å². The molecule has 1 amide bonds. The molecule has 3 aromatic carbocycles. The number of amides is 1. The lowest BCUT2D eigenvalue weighted by molar-refractivity contribution is -0.128. The summed E-state index contributed by atoms with van der Waals surface area (Å²) in [5.74, 6) is 1.38. The monoisotopic (exact) mass is 430 g/mol. The average molecular weight is 431 g/mol. The SMILES string of the molecule is CC[C@@H](Oc1ccc2ccccc2c1)C(=O)N[C@@H](C)c1ccc(N2CCC[C@@H](C)C2)cc1. The number of carbonyl (C=O) groups is 1. The summed E-state index contributed by atoms with van der Waals surface area (Å²) >= 11 is 0. The van der Waals surface area contributed by atoms with Gasteiger partial charge < -0.3 is 15.0 Å². The quantitative estimate of drug-likeness (QED) is 0.492. The van der Waals surface area contributed by atoms with Crippen molar-refractivity contribution in [2.45, 2.75) is 52.2 Å². The summed E-state index contributed by atoms with van der Waals surface area (Å²) in [6.45, 7) is 8.57. The maximum absolute atomic E-state index is 12.9. The number of hydrogen-bond donors (Lipinski definition) is 1. The van der Waals surface area contributed by atoms with Crippen LogP contribution in [0.15, 0.2) is 66.7 Å². The van der Waals surface area contributed by atoms with Crippen LogP contribution in [-0.4, -0.2) is 25.1 Å². The predicted octanol–water partition coefficient (Wildman–Crippen LogP) is 6.11. The molecule has 0 radical (unpaired) electrons. The fourth-order valence-electron chi connectivity index (χ4n) is 4.51. The van der Waals surface area contributed by atoms with Gasteiger partial charge in [0.1, 0.15) is 5.75 Å². The lowest BCUT2D eigenvalue weighted by Crippen LogP contribution is -2.39. The summed E-state index contributed by atoms with van der Waals surface area (Å²) in [5, 5.41) is 5.40. The first-order valence-corrected chi connectivity index (χ1v) is 11.8. The molecule has 0 saturated carbocycles. The summed E-state index contributed by atoms with van der Waals surface area (Å²) in [5.41, 5.74) is 2.37. The number of hydrogen-bond acceptors (Lipinski definition) is 3. The Hall–Kier alpha value is -3.01. The second-order valence-electron chi connectivity index (χ2n) is 9.04. The molecule has 1 aliphatic rings. The molecule has 1 fully saturated rings. The molecule has 0 spiro atoms. The zero-order valence-electron chi connectivity index (χ0n) is 19.4. The lowest BCUT2D eigenvalue weighted by atomic mass is 9.99. The van der Waals surface area contributed by atoms with E-state index >= 15 is 0 Å². The number of fused-ring (bicyclic) bond motifs is 1. The molecule has 0 aliphatic carbocycles. The minimum atomic E-state index is -0.521. The van der Waals surface area contributed by atoms with E-state index in [-0.39, 0.29) is 11.9 Å². The molecule has 3 atom stereocenters. The van der Waals surface area contributed by atoms with Gasteiger partial charge in [-0.1, -0.05) is 56.3 Å². The topological polar surface area (TPSA) is 41.6 Å². The molecule has 0 bridgehead atoms. The van der Waals surface area contributed by atoms with Crippen molar-refractivity contribution in [3.63, 3.8) is 0 Å². The van der Waals surface area contributed by atoms with Crippen LogP contribution in [0.2, 0.25) is 0 Å². The first-order valence-electron chi connectivity index (χ1n) is 11.8. The fraction of sp³-hybridized carbons (Fsp3) is 0.393. The van der Waals surface area contributed by atoms with Gasteiger partial charge in [0.25, 0.3) is 5.91 Å². The molecular formula is C28H34N2O2. The van der Waals surface area contributed by atoms with Crippen LogP contribution < -0.4 is 15.0 Å². The Bertz CT molecular complexity index is 1050. The normalized spacial score (nSPS) is 18.2. The summed E-state index contributed by atoms with van der Waals surface area (Å²) in [4.78, 5) is 15.4. The Kier molecular flexibility index (Phi) is 6.99. The first-order chi connectivity index (χ1) is 15.5. The predicted molar refractivity (Wildman–Crippen MR) is 132 cm³/mol. The van der Waals surface area contributed by atoms with Gasteiger partial charge in [0, 0.05) is 18.8 Å². The molecule has 168 valence electrons. The maximum Gasteiger partial charge on any atom is 0.261 e. The van der Waals surface area contributed by atoms with Crippen molar-refractivity contribution in [1.82, 2.24) is 5.32 Å². The zero-order chi connectivity index (χ0) is 22.5. The molecule has 1 N–H and O–H groups in total. The molecule has 4 heteroatoms. The highest BCUT2D eigenvalue weighted by atomic mass is 16.5. The maximum atomic E-state index is 12.9. The van der Waals surface area contributed by atoms with Crippen LogP contribution in [-0.2, 0) is 4.79 Å². The molecule has 1 saturated heterocycles. The number of carbonyl (C=O) groups excluding carboxylic acids is 1. The van der Waals surface area contributed by atoms with Crippen LogP contribution in [0.5, 0.6) is 5.75 Å². The Balaban J connectivity index is 1.37. The summed E-state index contributed by atoms with van der Waals surface area (Å²) < 4.78 is 6.06. The van der Waals surface area contributed by atoms with Crippen LogP contribution in [0.4, 0.5) is 5.69 Å². The third-order valence-electron chi connectivity index (χ3n) is 6.44. The van der Waals surface area contributed by atoms with Crippen LogP contribution in [0.1, 0.15) is 51.6 Å². The van der Waals surface area contributed by atoms with Gasteiger partial charge in [0.15, 0.2) is 6.10 Å². The van der Waals surface area contributed by atoms with E-state index in [9.17, 15) is 4.79 Å². The van der Waals surface area contributed by atoms with Crippen molar-refractivity contribution in [1.29, 1.82) is 0 Å². The highest BCUT2D eigenvalue weighted by Crippen LogP contribution is 2.25. The minimum absolute atomic E-state index is 0.0777. The van der Waals surface area contributed by atoms with Crippen molar-refractivity contribution in [2.75, 3.05) is 18.0 Å². The van der Waals surface area contributed by atoms with E-state index in [1.807, 2.05) is 44.2 Å². The smallest absolute Gasteiger partial charge is 0.261 e. The second kappa shape index (κ2) is 10.1. The van der Waals surface area contributed by atoms with Gasteiger partial charge >= 0.3 is 0 Å². The van der Waals surface area contributed by atoms with Crippen LogP contribution in [0.3, 0.4) is 0 Å². The van der Waals surface area contributed by atoms with E-state index in [4.69, 9.17) is 4.74 Å². The van der Waals surface area contributed by atoms with Gasteiger partial charge in [-0.05, 0) is 72.7 Å². The number of benzene rings is 3. The van der Waals surface area contributed by atoms with Crippen LogP contribution in [0, 0.1) is 5.92 Å². The molecule has 0 unspecified atom stereocenters. The third-order valence-corrected chi connectivity index (χ3v) is 6.44. The number of nitrogens with one attached hydrogen (secondary N) is 1. The summed E-state index contributed by atoms with van der Waals surface area (Å²) in [7, 11) is 0. The highest BCUT2D eigenvalue weighted by molar-refractivity contribution is 5.84. The molecule has 1 aliphatic heterocycles. The second-order valence-corrected chi connectivity index (χ2v) is 9.04. The van der Waals surface area contributed by atoms with Crippen molar-refractivity contribution in [2.24, 2.45) is 5.92 Å². The van der Waals surface area contributed by atoms with Crippen molar-refractivity contribution in [3.8, 4) is 5.75 Å².